The fourth-order valence-corrected chi connectivity index (χ4v) is 1.66. The van der Waals surface area contributed by atoms with Gasteiger partial charge in [0.2, 0.25) is 0 Å². The molecule has 4 nitrogen and oxygen atoms in total. The quantitative estimate of drug-likeness (QED) is 0.858. The molecule has 5 heteroatoms. The second kappa shape index (κ2) is 4.86. The van der Waals surface area contributed by atoms with Crippen LogP contribution in [0.4, 0.5) is 5.82 Å². The van der Waals surface area contributed by atoms with E-state index in [1.165, 1.54) is 0 Å². The van der Waals surface area contributed by atoms with E-state index < -0.39 is 0 Å². The summed E-state index contributed by atoms with van der Waals surface area (Å²) >= 11 is 6.10. The van der Waals surface area contributed by atoms with Crippen LogP contribution >= 0.6 is 11.6 Å². The molecule has 0 spiro atoms. The summed E-state index contributed by atoms with van der Waals surface area (Å²) in [4.78, 5) is 2.09. The van der Waals surface area contributed by atoms with Crippen LogP contribution in [0.2, 0.25) is 5.02 Å². The van der Waals surface area contributed by atoms with Crippen molar-refractivity contribution < 1.29 is 0 Å². The van der Waals surface area contributed by atoms with Crippen LogP contribution in [0.25, 0.3) is 0 Å². The number of halogens is 1. The molecule has 86 valence electrons. The minimum absolute atomic E-state index is 0.306. The molecule has 1 aromatic rings. The average Bonchev–Trinajstić information content (AvgIpc) is 2.41. The van der Waals surface area contributed by atoms with Crippen molar-refractivity contribution in [3.05, 3.63) is 10.7 Å². The Morgan fingerprint density at radius 1 is 1.47 bits per heavy atom. The van der Waals surface area contributed by atoms with Gasteiger partial charge in [0, 0.05) is 6.54 Å². The van der Waals surface area contributed by atoms with E-state index in [2.05, 4.69) is 23.8 Å². The molecule has 0 saturated heterocycles. The van der Waals surface area contributed by atoms with Crippen molar-refractivity contribution >= 4 is 17.4 Å². The zero-order chi connectivity index (χ0) is 11.6. The van der Waals surface area contributed by atoms with Crippen molar-refractivity contribution in [2.24, 2.45) is 0 Å². The van der Waals surface area contributed by atoms with Gasteiger partial charge in [-0.2, -0.15) is 5.10 Å². The highest BCUT2D eigenvalue weighted by Gasteiger charge is 2.15. The van der Waals surface area contributed by atoms with E-state index >= 15 is 0 Å². The van der Waals surface area contributed by atoms with Crippen molar-refractivity contribution in [3.8, 4) is 0 Å². The Balaban J connectivity index is 2.85. The normalized spacial score (nSPS) is 11.7. The van der Waals surface area contributed by atoms with Gasteiger partial charge in [-0.25, -0.2) is 4.68 Å². The number of nitrogen functional groups attached to an aromatic ring is 1. The van der Waals surface area contributed by atoms with Crippen molar-refractivity contribution in [2.45, 2.75) is 26.3 Å². The van der Waals surface area contributed by atoms with Crippen molar-refractivity contribution in [2.75, 3.05) is 26.4 Å². The molecule has 1 heterocycles. The minimum Gasteiger partial charge on any atom is -0.383 e. The summed E-state index contributed by atoms with van der Waals surface area (Å²) < 4.78 is 1.78. The van der Waals surface area contributed by atoms with Crippen molar-refractivity contribution in [1.29, 1.82) is 0 Å². The summed E-state index contributed by atoms with van der Waals surface area (Å²) in [5, 5.41) is 5.01. The first kappa shape index (κ1) is 12.3. The molecule has 2 N–H and O–H groups in total. The first-order valence-electron chi connectivity index (χ1n) is 5.10. The molecule has 0 fully saturated rings. The van der Waals surface area contributed by atoms with E-state index in [0.717, 1.165) is 18.8 Å². The lowest BCUT2D eigenvalue weighted by Gasteiger charge is -2.10. The Morgan fingerprint density at radius 2 is 2.07 bits per heavy atom. The standard InChI is InChI=1S/C10H19ClN4/c1-7(2)9-8(11)10(12)15(13-9)6-5-14(3)4/h7H,5-6,12H2,1-4H3. The summed E-state index contributed by atoms with van der Waals surface area (Å²) in [6.45, 7) is 5.79. The SMILES string of the molecule is CC(C)c1nn(CCN(C)C)c(N)c1Cl. The number of aromatic nitrogens is 2. The van der Waals surface area contributed by atoms with Crippen molar-refractivity contribution in [1.82, 2.24) is 14.7 Å². The highest BCUT2D eigenvalue weighted by molar-refractivity contribution is 6.33. The number of nitrogens with two attached hydrogens (primary N) is 1. The number of likely N-dealkylation sites (N-methyl/N-ethyl adjacent to an activating group) is 1. The van der Waals surface area contributed by atoms with E-state index in [0.29, 0.717) is 16.8 Å². The molecule has 0 unspecified atom stereocenters. The summed E-state index contributed by atoms with van der Waals surface area (Å²) in [5.74, 6) is 0.877. The molecule has 0 bridgehead atoms. The molecule has 0 amide bonds. The van der Waals surface area contributed by atoms with E-state index in [-0.39, 0.29) is 0 Å². The Kier molecular flexibility index (Phi) is 3.99. The number of rotatable bonds is 4. The van der Waals surface area contributed by atoms with Crippen molar-refractivity contribution in [3.63, 3.8) is 0 Å². The zero-order valence-corrected chi connectivity index (χ0v) is 10.5. The van der Waals surface area contributed by atoms with Gasteiger partial charge in [-0.15, -0.1) is 0 Å². The van der Waals surface area contributed by atoms with Gasteiger partial charge in [0.25, 0.3) is 0 Å². The van der Waals surface area contributed by atoms with Gasteiger partial charge in [-0.05, 0) is 20.0 Å². The monoisotopic (exact) mass is 230 g/mol. The van der Waals surface area contributed by atoms with Crippen LogP contribution in [-0.2, 0) is 6.54 Å². The maximum Gasteiger partial charge on any atom is 0.140 e. The molecular weight excluding hydrogens is 212 g/mol. The Labute approximate surface area is 96.0 Å². The van der Waals surface area contributed by atoms with E-state index in [1.807, 2.05) is 14.1 Å². The zero-order valence-electron chi connectivity index (χ0n) is 9.79. The van der Waals surface area contributed by atoms with Gasteiger partial charge in [0.1, 0.15) is 10.8 Å². The van der Waals surface area contributed by atoms with Gasteiger partial charge in [0.05, 0.1) is 12.2 Å². The average molecular weight is 231 g/mol. The minimum atomic E-state index is 0.306. The van der Waals surface area contributed by atoms with Crippen LogP contribution in [0.5, 0.6) is 0 Å². The molecule has 0 aliphatic carbocycles. The molecule has 15 heavy (non-hydrogen) atoms. The molecule has 0 radical (unpaired) electrons. The number of hydrogen-bond acceptors (Lipinski definition) is 3. The highest BCUT2D eigenvalue weighted by Crippen LogP contribution is 2.28. The van der Waals surface area contributed by atoms with E-state index in [4.69, 9.17) is 17.3 Å². The third-order valence-corrected chi connectivity index (χ3v) is 2.65. The number of anilines is 1. The predicted octanol–water partition coefficient (Wildman–Crippen LogP) is 1.80. The molecule has 1 rings (SSSR count). The maximum absolute atomic E-state index is 6.10. The molecule has 0 saturated carbocycles. The lowest BCUT2D eigenvalue weighted by Crippen LogP contribution is -2.20. The predicted molar refractivity (Wildman–Crippen MR) is 64.3 cm³/mol. The molecule has 0 aliphatic heterocycles. The summed E-state index contributed by atoms with van der Waals surface area (Å²) in [6.07, 6.45) is 0. The Bertz CT molecular complexity index is 330. The van der Waals surface area contributed by atoms with Gasteiger partial charge >= 0.3 is 0 Å². The first-order valence-corrected chi connectivity index (χ1v) is 5.47. The lowest BCUT2D eigenvalue weighted by molar-refractivity contribution is 0.374. The first-order chi connectivity index (χ1) is 6.93. The second-order valence-electron chi connectivity index (χ2n) is 4.27. The van der Waals surface area contributed by atoms with Gasteiger partial charge in [0.15, 0.2) is 0 Å². The summed E-state index contributed by atoms with van der Waals surface area (Å²) in [7, 11) is 4.04. The molecule has 0 aromatic carbocycles. The molecule has 0 atom stereocenters. The topological polar surface area (TPSA) is 47.1 Å². The van der Waals surface area contributed by atoms with E-state index in [9.17, 15) is 0 Å². The van der Waals surface area contributed by atoms with Crippen LogP contribution in [-0.4, -0.2) is 35.3 Å². The Morgan fingerprint density at radius 3 is 2.47 bits per heavy atom. The second-order valence-corrected chi connectivity index (χ2v) is 4.64. The smallest absolute Gasteiger partial charge is 0.140 e. The molecule has 0 aliphatic rings. The van der Waals surface area contributed by atoms with Crippen LogP contribution in [0.1, 0.15) is 25.5 Å². The summed E-state index contributed by atoms with van der Waals surface area (Å²) in [6, 6.07) is 0. The fourth-order valence-electron chi connectivity index (χ4n) is 1.31. The van der Waals surface area contributed by atoms with Gasteiger partial charge in [-0.3, -0.25) is 0 Å². The molecule has 1 aromatic heterocycles. The third-order valence-electron chi connectivity index (χ3n) is 2.26. The van der Waals surface area contributed by atoms with Gasteiger partial charge in [-0.1, -0.05) is 25.4 Å². The third kappa shape index (κ3) is 2.86. The van der Waals surface area contributed by atoms with E-state index in [1.54, 1.807) is 4.68 Å². The molecular formula is C10H19ClN4. The van der Waals surface area contributed by atoms with Gasteiger partial charge < -0.3 is 10.6 Å². The maximum atomic E-state index is 6.10. The van der Waals surface area contributed by atoms with Crippen LogP contribution < -0.4 is 5.73 Å². The fraction of sp³-hybridized carbons (Fsp3) is 0.700. The van der Waals surface area contributed by atoms with Crippen LogP contribution in [0.15, 0.2) is 0 Å². The number of hydrogen-bond donors (Lipinski definition) is 1. The lowest BCUT2D eigenvalue weighted by atomic mass is 10.1. The van der Waals surface area contributed by atoms with Crippen LogP contribution in [0, 0.1) is 0 Å². The largest absolute Gasteiger partial charge is 0.383 e. The Hall–Kier alpha value is -0.740. The van der Waals surface area contributed by atoms with Crippen LogP contribution in [0.3, 0.4) is 0 Å². The number of nitrogens with zero attached hydrogens (tertiary/aromatic N) is 3. The highest BCUT2D eigenvalue weighted by atomic mass is 35.5. The summed E-state index contributed by atoms with van der Waals surface area (Å²) in [5.41, 5.74) is 6.76.